The van der Waals surface area contributed by atoms with E-state index in [1.807, 2.05) is 24.3 Å². The van der Waals surface area contributed by atoms with Gasteiger partial charge in [0.05, 0.1) is 0 Å². The maximum Gasteiger partial charge on any atom is 0.344 e. The van der Waals surface area contributed by atoms with Gasteiger partial charge >= 0.3 is 5.97 Å². The molecule has 45 heavy (non-hydrogen) atoms. The van der Waals surface area contributed by atoms with Crippen LogP contribution < -0.4 is 9.47 Å². The van der Waals surface area contributed by atoms with Gasteiger partial charge in [-0.2, -0.15) is 10.9 Å². The average molecular weight is 619 g/mol. The van der Waals surface area contributed by atoms with E-state index in [0.717, 1.165) is 29.6 Å². The molecule has 0 spiro atoms. The molecule has 0 aromatic heterocycles. The number of rotatable bonds is 9. The predicted molar refractivity (Wildman–Crippen MR) is 179 cm³/mol. The monoisotopic (exact) mass is 618 g/mol. The molecular formula is C40H42O4S. The zero-order chi connectivity index (χ0) is 30.5. The van der Waals surface area contributed by atoms with Crippen LogP contribution in [0.25, 0.3) is 11.1 Å². The minimum absolute atomic E-state index is 0.0568. The molecule has 0 N–H and O–H groups in total. The Kier molecular flexibility index (Phi) is 7.40. The van der Waals surface area contributed by atoms with Crippen LogP contribution in [0.4, 0.5) is 0 Å². The van der Waals surface area contributed by atoms with Gasteiger partial charge in [-0.05, 0) is 139 Å². The van der Waals surface area contributed by atoms with E-state index in [4.69, 9.17) is 14.2 Å². The molecule has 232 valence electrons. The van der Waals surface area contributed by atoms with Crippen LogP contribution in [-0.2, 0) is 9.53 Å². The van der Waals surface area contributed by atoms with E-state index >= 15 is 0 Å². The summed E-state index contributed by atoms with van der Waals surface area (Å²) in [6.07, 6.45) is 7.01. The second-order valence-electron chi connectivity index (χ2n) is 13.7. The highest BCUT2D eigenvalue weighted by atomic mass is 32.2. The summed E-state index contributed by atoms with van der Waals surface area (Å²) in [6, 6.07) is 34.2. The van der Waals surface area contributed by atoms with Gasteiger partial charge in [-0.15, -0.1) is 0 Å². The van der Waals surface area contributed by atoms with Crippen LogP contribution in [0.2, 0.25) is 0 Å². The SMILES string of the molecule is CCC(Oc1ccc([SH]2c3ccccc3-c3ccccc32)cc1)c1ccc(OCC(=O)OC2(C)C3CC4CC(C3)CC2C4)cc1. The zero-order valence-corrected chi connectivity index (χ0v) is 27.0. The topological polar surface area (TPSA) is 44.8 Å². The quantitative estimate of drug-likeness (QED) is 0.132. The van der Waals surface area contributed by atoms with E-state index in [1.165, 1.54) is 57.9 Å². The molecule has 4 nitrogen and oxygen atoms in total. The summed E-state index contributed by atoms with van der Waals surface area (Å²) >= 11 is 0. The number of thiol groups is 1. The molecule has 0 radical (unpaired) electrons. The first-order chi connectivity index (χ1) is 22.0. The summed E-state index contributed by atoms with van der Waals surface area (Å²) < 4.78 is 18.5. The number of carbonyl (C=O) groups is 1. The fraction of sp³-hybridized carbons (Fsp3) is 0.375. The molecule has 4 saturated carbocycles. The van der Waals surface area contributed by atoms with Crippen molar-refractivity contribution in [2.24, 2.45) is 23.7 Å². The van der Waals surface area contributed by atoms with E-state index < -0.39 is 10.9 Å². The van der Waals surface area contributed by atoms with Crippen LogP contribution in [0.15, 0.2) is 112 Å². The Balaban J connectivity index is 0.892. The number of ether oxygens (including phenoxy) is 3. The molecule has 4 aromatic rings. The van der Waals surface area contributed by atoms with E-state index in [-0.39, 0.29) is 24.3 Å². The Morgan fingerprint density at radius 2 is 1.31 bits per heavy atom. The lowest BCUT2D eigenvalue weighted by Crippen LogP contribution is -2.58. The molecule has 4 aliphatic carbocycles. The van der Waals surface area contributed by atoms with Crippen LogP contribution in [0.3, 0.4) is 0 Å². The Morgan fingerprint density at radius 1 is 0.756 bits per heavy atom. The Bertz CT molecular complexity index is 1620. The molecular weight excluding hydrogens is 577 g/mol. The van der Waals surface area contributed by atoms with Gasteiger partial charge in [-0.3, -0.25) is 0 Å². The standard InChI is InChI=1S/C40H42O4S/c1-3-36(43-32-16-18-33(19-17-32)45-37-10-6-4-8-34(37)35-9-5-7-11-38(35)45)28-12-14-31(15-13-28)42-25-39(41)44-40(2)29-21-26-20-27(23-29)24-30(40)22-26/h4-19,26-27,29-30,36,45H,3,20-25H2,1-2H3. The normalized spacial score (nSPS) is 27.0. The van der Waals surface area contributed by atoms with Crippen molar-refractivity contribution in [2.45, 2.75) is 78.8 Å². The molecule has 1 unspecified atom stereocenters. The molecule has 9 rings (SSSR count). The molecule has 5 heteroatoms. The van der Waals surface area contributed by atoms with Crippen LogP contribution in [0, 0.1) is 23.7 Å². The van der Waals surface area contributed by atoms with Crippen LogP contribution in [-0.4, -0.2) is 18.2 Å². The van der Waals surface area contributed by atoms with Gasteiger partial charge in [0.1, 0.15) is 23.2 Å². The van der Waals surface area contributed by atoms with Crippen molar-refractivity contribution in [3.05, 3.63) is 103 Å². The highest BCUT2D eigenvalue weighted by Gasteiger charge is 2.57. The fourth-order valence-corrected chi connectivity index (χ4v) is 11.5. The Hall–Kier alpha value is -3.70. The average Bonchev–Trinajstić information content (AvgIpc) is 3.40. The van der Waals surface area contributed by atoms with Crippen molar-refractivity contribution in [2.75, 3.05) is 6.61 Å². The third-order valence-corrected chi connectivity index (χ3v) is 13.6. The maximum absolute atomic E-state index is 12.9. The number of hydrogen-bond acceptors (Lipinski definition) is 4. The first-order valence-electron chi connectivity index (χ1n) is 16.7. The first-order valence-corrected chi connectivity index (χ1v) is 18.0. The lowest BCUT2D eigenvalue weighted by Gasteiger charge is -2.59. The van der Waals surface area contributed by atoms with Gasteiger partial charge in [0.25, 0.3) is 0 Å². The predicted octanol–water partition coefficient (Wildman–Crippen LogP) is 9.81. The summed E-state index contributed by atoms with van der Waals surface area (Å²) in [6.45, 7) is 4.26. The smallest absolute Gasteiger partial charge is 0.344 e. The number of esters is 1. The first kappa shape index (κ1) is 28.8. The third-order valence-electron chi connectivity index (χ3n) is 11.0. The maximum atomic E-state index is 12.9. The Labute approximate surface area is 269 Å². The van der Waals surface area contributed by atoms with Crippen LogP contribution in [0.1, 0.15) is 64.0 Å². The van der Waals surface area contributed by atoms with Gasteiger partial charge in [0.15, 0.2) is 6.61 Å². The lowest BCUT2D eigenvalue weighted by atomic mass is 9.50. The molecule has 4 bridgehead atoms. The molecule has 5 aliphatic rings. The molecule has 0 saturated heterocycles. The van der Waals surface area contributed by atoms with E-state index in [2.05, 4.69) is 86.6 Å². The minimum Gasteiger partial charge on any atom is -0.486 e. The molecule has 4 fully saturated rings. The van der Waals surface area contributed by atoms with E-state index in [1.54, 1.807) is 0 Å². The summed E-state index contributed by atoms with van der Waals surface area (Å²) in [5.41, 5.74) is 3.47. The van der Waals surface area contributed by atoms with Crippen molar-refractivity contribution in [3.8, 4) is 22.6 Å². The van der Waals surface area contributed by atoms with Crippen molar-refractivity contribution in [1.82, 2.24) is 0 Å². The second-order valence-corrected chi connectivity index (χ2v) is 15.8. The number of benzene rings is 4. The lowest BCUT2D eigenvalue weighted by molar-refractivity contribution is -0.204. The van der Waals surface area contributed by atoms with Crippen molar-refractivity contribution >= 4 is 16.9 Å². The highest BCUT2D eigenvalue weighted by molar-refractivity contribution is 8.17. The second kappa shape index (κ2) is 11.6. The molecule has 1 atom stereocenters. The Morgan fingerprint density at radius 3 is 1.89 bits per heavy atom. The van der Waals surface area contributed by atoms with Gasteiger partial charge in [-0.1, -0.05) is 55.5 Å². The summed E-state index contributed by atoms with van der Waals surface area (Å²) in [7, 11) is -0.578. The highest BCUT2D eigenvalue weighted by Crippen LogP contribution is 2.62. The number of hydrogen-bond donors (Lipinski definition) is 1. The van der Waals surface area contributed by atoms with Crippen LogP contribution >= 0.6 is 10.9 Å². The summed E-state index contributed by atoms with van der Waals surface area (Å²) in [5.74, 6) is 4.00. The van der Waals surface area contributed by atoms with Gasteiger partial charge in [-0.25, -0.2) is 4.79 Å². The third kappa shape index (κ3) is 5.23. The largest absolute Gasteiger partial charge is 0.486 e. The number of fused-ring (bicyclic) bond motifs is 3. The summed E-state index contributed by atoms with van der Waals surface area (Å²) in [4.78, 5) is 17.1. The van der Waals surface area contributed by atoms with E-state index in [9.17, 15) is 4.79 Å². The van der Waals surface area contributed by atoms with Crippen molar-refractivity contribution < 1.29 is 19.0 Å². The minimum atomic E-state index is -0.578. The fourth-order valence-electron chi connectivity index (χ4n) is 8.91. The number of carbonyl (C=O) groups excluding carboxylic acids is 1. The summed E-state index contributed by atoms with van der Waals surface area (Å²) in [5, 5.41) is 0. The van der Waals surface area contributed by atoms with Gasteiger partial charge < -0.3 is 14.2 Å². The zero-order valence-electron chi connectivity index (χ0n) is 26.2. The molecule has 1 aliphatic heterocycles. The van der Waals surface area contributed by atoms with Gasteiger partial charge in [0, 0.05) is 9.79 Å². The molecule has 4 aromatic carbocycles. The van der Waals surface area contributed by atoms with Gasteiger partial charge in [0.2, 0.25) is 0 Å². The van der Waals surface area contributed by atoms with E-state index in [0.29, 0.717) is 17.6 Å². The molecule has 0 amide bonds. The van der Waals surface area contributed by atoms with Crippen molar-refractivity contribution in [1.29, 1.82) is 0 Å². The van der Waals surface area contributed by atoms with Crippen LogP contribution in [0.5, 0.6) is 11.5 Å². The van der Waals surface area contributed by atoms with Crippen molar-refractivity contribution in [3.63, 3.8) is 0 Å². The molecule has 1 heterocycles.